The molecule has 0 bridgehead atoms. The van der Waals surface area contributed by atoms with E-state index in [-0.39, 0.29) is 5.82 Å². The minimum absolute atomic E-state index is 0.334. The molecule has 2 aromatic carbocycles. The van der Waals surface area contributed by atoms with Crippen LogP contribution in [0.5, 0.6) is 0 Å². The van der Waals surface area contributed by atoms with Crippen LogP contribution in [-0.2, 0) is 5.72 Å². The van der Waals surface area contributed by atoms with Crippen molar-refractivity contribution in [3.63, 3.8) is 0 Å². The highest BCUT2D eigenvalue weighted by atomic mass is 32.2. The van der Waals surface area contributed by atoms with Gasteiger partial charge in [0.2, 0.25) is 0 Å². The van der Waals surface area contributed by atoms with Crippen molar-refractivity contribution in [1.29, 1.82) is 0 Å². The summed E-state index contributed by atoms with van der Waals surface area (Å²) in [4.78, 5) is 2.09. The molecule has 2 aliphatic heterocycles. The van der Waals surface area contributed by atoms with Gasteiger partial charge in [0, 0.05) is 5.75 Å². The maximum absolute atomic E-state index is 14.4. The zero-order chi connectivity index (χ0) is 15.9. The molecule has 2 heterocycles. The number of β-amino-alcohol motifs (C(OH)–C–C–N with tert-alkyl or cyclic N) is 1. The summed E-state index contributed by atoms with van der Waals surface area (Å²) in [5, 5.41) is 12.4. The summed E-state index contributed by atoms with van der Waals surface area (Å²) < 4.78 is 16.3. The molecule has 0 saturated carbocycles. The highest BCUT2D eigenvalue weighted by Gasteiger charge is 2.54. The molecular weight excluding hydrogens is 311 g/mol. The summed E-state index contributed by atoms with van der Waals surface area (Å²) in [6.07, 6.45) is 0.980. The molecule has 0 aliphatic carbocycles. The van der Waals surface area contributed by atoms with Crippen LogP contribution in [0.1, 0.15) is 12.0 Å². The third kappa shape index (κ3) is 2.35. The second-order valence-electron chi connectivity index (χ2n) is 5.85. The van der Waals surface area contributed by atoms with Crippen molar-refractivity contribution in [3.8, 4) is 0 Å². The van der Waals surface area contributed by atoms with E-state index in [0.29, 0.717) is 12.1 Å². The van der Waals surface area contributed by atoms with E-state index in [0.717, 1.165) is 29.6 Å². The number of benzene rings is 2. The van der Waals surface area contributed by atoms with E-state index < -0.39 is 5.72 Å². The van der Waals surface area contributed by atoms with E-state index in [1.54, 1.807) is 30.0 Å². The molecule has 5 heteroatoms. The lowest BCUT2D eigenvalue weighted by Gasteiger charge is -2.24. The fourth-order valence-corrected chi connectivity index (χ4v) is 4.51. The Morgan fingerprint density at radius 1 is 1.09 bits per heavy atom. The molecular formula is C18H18FN2OS+. The monoisotopic (exact) mass is 329 g/mol. The van der Waals surface area contributed by atoms with E-state index in [4.69, 9.17) is 0 Å². The number of aliphatic hydroxyl groups is 1. The molecule has 0 aromatic heterocycles. The minimum atomic E-state index is -1.33. The quantitative estimate of drug-likeness (QED) is 0.858. The van der Waals surface area contributed by atoms with Crippen LogP contribution in [0.4, 0.5) is 10.1 Å². The van der Waals surface area contributed by atoms with Crippen LogP contribution in [-0.4, -0.2) is 33.7 Å². The summed E-state index contributed by atoms with van der Waals surface area (Å²) in [6.45, 7) is 1.07. The predicted molar refractivity (Wildman–Crippen MR) is 91.3 cm³/mol. The van der Waals surface area contributed by atoms with E-state index in [1.165, 1.54) is 6.07 Å². The van der Waals surface area contributed by atoms with Gasteiger partial charge in [0.1, 0.15) is 11.5 Å². The van der Waals surface area contributed by atoms with Gasteiger partial charge >= 0.3 is 5.17 Å². The molecule has 0 fully saturated rings. The van der Waals surface area contributed by atoms with Gasteiger partial charge in [-0.3, -0.25) is 0 Å². The van der Waals surface area contributed by atoms with Gasteiger partial charge in [0.15, 0.2) is 6.54 Å². The smallest absolute Gasteiger partial charge is 0.316 e. The molecule has 2 aromatic rings. The van der Waals surface area contributed by atoms with Gasteiger partial charge in [-0.15, -0.1) is 0 Å². The normalized spacial score (nSPS) is 24.0. The van der Waals surface area contributed by atoms with Crippen molar-refractivity contribution in [2.45, 2.75) is 12.1 Å². The average Bonchev–Trinajstić information content (AvgIpc) is 2.91. The Morgan fingerprint density at radius 3 is 2.61 bits per heavy atom. The number of amidine groups is 1. The van der Waals surface area contributed by atoms with Crippen LogP contribution < -0.4 is 4.90 Å². The number of hydrogen-bond donors (Lipinski definition) is 1. The Balaban J connectivity index is 1.84. The van der Waals surface area contributed by atoms with E-state index in [9.17, 15) is 9.50 Å². The molecule has 4 rings (SSSR count). The highest BCUT2D eigenvalue weighted by Crippen LogP contribution is 2.38. The summed E-state index contributed by atoms with van der Waals surface area (Å²) in [5.74, 6) is 0.655. The molecule has 3 nitrogen and oxygen atoms in total. The summed E-state index contributed by atoms with van der Waals surface area (Å²) in [6, 6.07) is 16.5. The van der Waals surface area contributed by atoms with E-state index >= 15 is 0 Å². The summed E-state index contributed by atoms with van der Waals surface area (Å²) in [7, 11) is 0. The topological polar surface area (TPSA) is 26.5 Å². The molecule has 0 amide bonds. The second-order valence-corrected chi connectivity index (χ2v) is 6.92. The molecule has 1 N–H and O–H groups in total. The first-order chi connectivity index (χ1) is 11.2. The van der Waals surface area contributed by atoms with Crippen molar-refractivity contribution in [2.24, 2.45) is 0 Å². The van der Waals surface area contributed by atoms with Gasteiger partial charge in [-0.25, -0.2) is 13.9 Å². The molecule has 23 heavy (non-hydrogen) atoms. The van der Waals surface area contributed by atoms with Crippen molar-refractivity contribution in [1.82, 2.24) is 0 Å². The van der Waals surface area contributed by atoms with Crippen molar-refractivity contribution < 1.29 is 14.1 Å². The van der Waals surface area contributed by atoms with Crippen LogP contribution in [0.15, 0.2) is 54.6 Å². The number of thioether (sulfide) groups is 1. The Morgan fingerprint density at radius 2 is 1.83 bits per heavy atom. The first-order valence-electron chi connectivity index (χ1n) is 7.77. The van der Waals surface area contributed by atoms with Gasteiger partial charge in [-0.1, -0.05) is 30.3 Å². The average molecular weight is 329 g/mol. The minimum Gasteiger partial charge on any atom is -0.346 e. The first-order valence-corrected chi connectivity index (χ1v) is 8.76. The standard InChI is InChI=1S/C18H18FN2OS/c19-16-10-5-4-9-15(16)18(22)13-20(14-7-2-1-3-8-14)17-21(18)11-6-12-23-17/h1-5,7-10,22H,6,11-13H2/q+1/t18-/m0/s1. The first kappa shape index (κ1) is 14.7. The number of nitrogens with zero attached hydrogens (tertiary/aromatic N) is 2. The lowest BCUT2D eigenvalue weighted by atomic mass is 10.0. The van der Waals surface area contributed by atoms with Gasteiger partial charge in [0.05, 0.1) is 12.1 Å². The third-order valence-electron chi connectivity index (χ3n) is 4.42. The zero-order valence-electron chi connectivity index (χ0n) is 12.7. The largest absolute Gasteiger partial charge is 0.346 e. The number of para-hydroxylation sites is 1. The van der Waals surface area contributed by atoms with Crippen molar-refractivity contribution >= 4 is 22.6 Å². The van der Waals surface area contributed by atoms with Crippen LogP contribution in [0.3, 0.4) is 0 Å². The van der Waals surface area contributed by atoms with Crippen LogP contribution in [0, 0.1) is 5.82 Å². The zero-order valence-corrected chi connectivity index (χ0v) is 13.5. The lowest BCUT2D eigenvalue weighted by Crippen LogP contribution is -2.42. The highest BCUT2D eigenvalue weighted by molar-refractivity contribution is 8.13. The molecule has 1 atom stereocenters. The summed E-state index contributed by atoms with van der Waals surface area (Å²) in [5.41, 5.74) is 0.0387. The van der Waals surface area contributed by atoms with Gasteiger partial charge in [0.25, 0.3) is 5.72 Å². The van der Waals surface area contributed by atoms with Crippen molar-refractivity contribution in [2.75, 3.05) is 23.7 Å². The molecule has 0 saturated heterocycles. The number of anilines is 1. The fraction of sp³-hybridized carbons (Fsp3) is 0.278. The van der Waals surface area contributed by atoms with Gasteiger partial charge in [-0.05, 0) is 42.4 Å². The molecule has 0 spiro atoms. The van der Waals surface area contributed by atoms with Crippen LogP contribution >= 0.6 is 11.8 Å². The van der Waals surface area contributed by atoms with Gasteiger partial charge < -0.3 is 5.11 Å². The molecule has 0 unspecified atom stereocenters. The maximum Gasteiger partial charge on any atom is 0.316 e. The fourth-order valence-electron chi connectivity index (χ4n) is 3.33. The third-order valence-corrected chi connectivity index (χ3v) is 5.61. The van der Waals surface area contributed by atoms with Crippen LogP contribution in [0.25, 0.3) is 0 Å². The number of rotatable bonds is 2. The Bertz CT molecular complexity index is 765. The van der Waals surface area contributed by atoms with Crippen molar-refractivity contribution in [3.05, 3.63) is 66.0 Å². The molecule has 118 valence electrons. The Hall–Kier alpha value is -1.85. The maximum atomic E-state index is 14.4. The molecule has 2 aliphatic rings. The predicted octanol–water partition coefficient (Wildman–Crippen LogP) is 3.00. The number of hydrogen-bond acceptors (Lipinski definition) is 3. The van der Waals surface area contributed by atoms with E-state index in [1.807, 2.05) is 34.9 Å². The number of halogens is 1. The summed E-state index contributed by atoms with van der Waals surface area (Å²) >= 11 is 1.73. The molecule has 0 radical (unpaired) electrons. The van der Waals surface area contributed by atoms with E-state index in [2.05, 4.69) is 4.90 Å². The Labute approximate surface area is 139 Å². The van der Waals surface area contributed by atoms with Crippen LogP contribution in [0.2, 0.25) is 0 Å². The lowest BCUT2D eigenvalue weighted by molar-refractivity contribution is -0.657. The van der Waals surface area contributed by atoms with Gasteiger partial charge in [-0.2, -0.15) is 0 Å². The Kier molecular flexibility index (Phi) is 3.62. The SMILES string of the molecule is O[C@]1(c2ccccc2F)CN(c2ccccc2)C2=[N+]1CCCS2. The second kappa shape index (κ2) is 5.65.